The van der Waals surface area contributed by atoms with Gasteiger partial charge in [-0.15, -0.1) is 0 Å². The second kappa shape index (κ2) is 12.6. The summed E-state index contributed by atoms with van der Waals surface area (Å²) in [6.07, 6.45) is 5.01. The number of halogens is 1. The van der Waals surface area contributed by atoms with E-state index in [1.165, 1.54) is 0 Å². The Labute approximate surface area is 258 Å². The molecule has 8 nitrogen and oxygen atoms in total. The van der Waals surface area contributed by atoms with E-state index in [1.807, 2.05) is 56.6 Å². The molecule has 9 heteroatoms. The van der Waals surface area contributed by atoms with Crippen LogP contribution in [0.2, 0.25) is 5.02 Å². The molecule has 1 N–H and O–H groups in total. The number of aromatic amines is 1. The van der Waals surface area contributed by atoms with Gasteiger partial charge in [-0.05, 0) is 84.4 Å². The summed E-state index contributed by atoms with van der Waals surface area (Å²) in [6, 6.07) is 9.35. The zero-order chi connectivity index (χ0) is 30.9. The summed E-state index contributed by atoms with van der Waals surface area (Å²) in [5.74, 6) is 0.292. The summed E-state index contributed by atoms with van der Waals surface area (Å²) >= 11 is 6.62. The quantitative estimate of drug-likeness (QED) is 0.318. The smallest absolute Gasteiger partial charge is 0.410 e. The third-order valence-corrected chi connectivity index (χ3v) is 8.45. The van der Waals surface area contributed by atoms with Gasteiger partial charge in [-0.1, -0.05) is 40.9 Å². The van der Waals surface area contributed by atoms with Gasteiger partial charge >= 0.3 is 6.09 Å². The van der Waals surface area contributed by atoms with E-state index in [9.17, 15) is 14.4 Å². The van der Waals surface area contributed by atoms with Crippen molar-refractivity contribution in [1.82, 2.24) is 14.8 Å². The molecule has 2 aliphatic heterocycles. The van der Waals surface area contributed by atoms with Gasteiger partial charge in [-0.25, -0.2) is 4.79 Å². The van der Waals surface area contributed by atoms with Gasteiger partial charge in [-0.3, -0.25) is 9.59 Å². The molecule has 2 aromatic carbocycles. The van der Waals surface area contributed by atoms with Gasteiger partial charge in [0.05, 0.1) is 28.3 Å². The number of aryl methyl sites for hydroxylation is 2. The SMILES string of the molecule is Cc1cc(C)cc(-c2c(OCCC3CCCCN3C(=O)OC(C)(C)C)c3cc(C(=O)N4CCCC4)c(Cl)cc3[nH]c2=O)c1. The van der Waals surface area contributed by atoms with Crippen molar-refractivity contribution in [2.24, 2.45) is 0 Å². The first-order valence-electron chi connectivity index (χ1n) is 15.3. The fourth-order valence-electron chi connectivity index (χ4n) is 6.23. The average Bonchev–Trinajstić information content (AvgIpc) is 3.46. The molecule has 2 saturated heterocycles. The number of amides is 2. The molecule has 1 unspecified atom stereocenters. The van der Waals surface area contributed by atoms with E-state index >= 15 is 0 Å². The first-order valence-corrected chi connectivity index (χ1v) is 15.7. The minimum atomic E-state index is -0.577. The van der Waals surface area contributed by atoms with Crippen LogP contribution in [0.3, 0.4) is 0 Å². The van der Waals surface area contributed by atoms with E-state index in [-0.39, 0.29) is 30.2 Å². The van der Waals surface area contributed by atoms with Crippen LogP contribution in [-0.4, -0.2) is 64.7 Å². The molecule has 1 atom stereocenters. The average molecular weight is 608 g/mol. The number of hydrogen-bond acceptors (Lipinski definition) is 5. The van der Waals surface area contributed by atoms with Crippen molar-refractivity contribution in [3.63, 3.8) is 0 Å². The van der Waals surface area contributed by atoms with Crippen LogP contribution in [0.4, 0.5) is 4.79 Å². The summed E-state index contributed by atoms with van der Waals surface area (Å²) in [4.78, 5) is 46.7. The molecule has 43 heavy (non-hydrogen) atoms. The standard InChI is InChI=1S/C34H42ClN3O5/c1-21-16-22(2)18-23(17-21)29-30(42-15-11-24-10-6-7-14-38(24)33(41)43-34(3,4)5)26-19-25(32(40)37-12-8-9-13-37)27(35)20-28(26)36-31(29)39/h16-20,24H,6-15H2,1-5H3,(H,36,39). The van der Waals surface area contributed by atoms with Gasteiger partial charge < -0.3 is 24.3 Å². The van der Waals surface area contributed by atoms with E-state index in [0.29, 0.717) is 58.9 Å². The molecule has 3 aromatic rings. The zero-order valence-electron chi connectivity index (χ0n) is 25.8. The Bertz CT molecular complexity index is 1570. The third-order valence-electron chi connectivity index (χ3n) is 8.14. The maximum Gasteiger partial charge on any atom is 0.410 e. The Morgan fingerprint density at radius 2 is 1.65 bits per heavy atom. The minimum Gasteiger partial charge on any atom is -0.492 e. The van der Waals surface area contributed by atoms with Crippen LogP contribution in [0.25, 0.3) is 22.0 Å². The second-order valence-corrected chi connectivity index (χ2v) is 13.3. The van der Waals surface area contributed by atoms with Gasteiger partial charge in [-0.2, -0.15) is 0 Å². The molecule has 1 aromatic heterocycles. The first-order chi connectivity index (χ1) is 20.4. The van der Waals surface area contributed by atoms with Gasteiger partial charge in [0.25, 0.3) is 11.5 Å². The summed E-state index contributed by atoms with van der Waals surface area (Å²) < 4.78 is 12.2. The third kappa shape index (κ3) is 7.01. The van der Waals surface area contributed by atoms with Gasteiger partial charge in [0, 0.05) is 37.5 Å². The van der Waals surface area contributed by atoms with Crippen molar-refractivity contribution in [3.05, 3.63) is 62.4 Å². The molecule has 0 bridgehead atoms. The Kier molecular flexibility index (Phi) is 9.07. The fourth-order valence-corrected chi connectivity index (χ4v) is 6.48. The lowest BCUT2D eigenvalue weighted by Gasteiger charge is -2.36. The molecule has 5 rings (SSSR count). The Hall–Kier alpha value is -3.52. The number of H-pyrrole nitrogens is 1. The zero-order valence-corrected chi connectivity index (χ0v) is 26.6. The molecule has 2 fully saturated rings. The van der Waals surface area contributed by atoms with Crippen LogP contribution >= 0.6 is 11.6 Å². The highest BCUT2D eigenvalue weighted by Crippen LogP contribution is 2.37. The number of nitrogens with one attached hydrogen (secondary N) is 1. The summed E-state index contributed by atoms with van der Waals surface area (Å²) in [5.41, 5.74) is 3.22. The number of fused-ring (bicyclic) bond motifs is 1. The highest BCUT2D eigenvalue weighted by atomic mass is 35.5. The largest absolute Gasteiger partial charge is 0.492 e. The van der Waals surface area contributed by atoms with Crippen LogP contribution in [0.1, 0.15) is 80.8 Å². The van der Waals surface area contributed by atoms with Crippen molar-refractivity contribution in [1.29, 1.82) is 0 Å². The van der Waals surface area contributed by atoms with Crippen LogP contribution in [0.5, 0.6) is 5.75 Å². The number of carbonyl (C=O) groups is 2. The number of pyridine rings is 1. The molecule has 0 aliphatic carbocycles. The maximum atomic E-state index is 13.6. The highest BCUT2D eigenvalue weighted by molar-refractivity contribution is 6.34. The van der Waals surface area contributed by atoms with Crippen molar-refractivity contribution in [2.45, 2.75) is 84.8 Å². The highest BCUT2D eigenvalue weighted by Gasteiger charge is 2.31. The normalized spacial score (nSPS) is 17.4. The molecule has 0 radical (unpaired) electrons. The predicted molar refractivity (Wildman–Crippen MR) is 170 cm³/mol. The monoisotopic (exact) mass is 607 g/mol. The number of piperidine rings is 1. The number of rotatable bonds is 6. The molecule has 0 spiro atoms. The van der Waals surface area contributed by atoms with Crippen LogP contribution in [0, 0.1) is 13.8 Å². The second-order valence-electron chi connectivity index (χ2n) is 12.9. The van der Waals surface area contributed by atoms with E-state index in [0.717, 1.165) is 48.8 Å². The Balaban J connectivity index is 1.53. The number of ether oxygens (including phenoxy) is 2. The van der Waals surface area contributed by atoms with Crippen molar-refractivity contribution >= 4 is 34.5 Å². The molecular weight excluding hydrogens is 566 g/mol. The fraction of sp³-hybridized carbons (Fsp3) is 0.500. The molecule has 3 heterocycles. The molecule has 0 saturated carbocycles. The van der Waals surface area contributed by atoms with Crippen molar-refractivity contribution < 1.29 is 19.1 Å². The maximum absolute atomic E-state index is 13.6. The van der Waals surface area contributed by atoms with Crippen molar-refractivity contribution in [2.75, 3.05) is 26.2 Å². The summed E-state index contributed by atoms with van der Waals surface area (Å²) in [5, 5.41) is 0.911. The van der Waals surface area contributed by atoms with Crippen LogP contribution < -0.4 is 10.3 Å². The van der Waals surface area contributed by atoms with Gasteiger partial charge in [0.1, 0.15) is 11.4 Å². The lowest BCUT2D eigenvalue weighted by atomic mass is 9.98. The number of hydrogen-bond donors (Lipinski definition) is 1. The molecule has 2 amide bonds. The van der Waals surface area contributed by atoms with Gasteiger partial charge in [0.15, 0.2) is 0 Å². The Morgan fingerprint density at radius 3 is 2.33 bits per heavy atom. The number of benzene rings is 2. The minimum absolute atomic E-state index is 0.0386. The van der Waals surface area contributed by atoms with Crippen molar-refractivity contribution in [3.8, 4) is 16.9 Å². The van der Waals surface area contributed by atoms with E-state index < -0.39 is 5.60 Å². The topological polar surface area (TPSA) is 91.9 Å². The lowest BCUT2D eigenvalue weighted by molar-refractivity contribution is 0.00744. The molecule has 2 aliphatic rings. The summed E-state index contributed by atoms with van der Waals surface area (Å²) in [7, 11) is 0. The number of carbonyl (C=O) groups excluding carboxylic acids is 2. The first kappa shape index (κ1) is 30.9. The lowest BCUT2D eigenvalue weighted by Crippen LogP contribution is -2.46. The van der Waals surface area contributed by atoms with E-state index in [4.69, 9.17) is 21.1 Å². The molecule has 230 valence electrons. The van der Waals surface area contributed by atoms with Crippen LogP contribution in [0.15, 0.2) is 35.1 Å². The van der Waals surface area contributed by atoms with E-state index in [2.05, 4.69) is 11.1 Å². The summed E-state index contributed by atoms with van der Waals surface area (Å²) in [6.45, 7) is 11.9. The Morgan fingerprint density at radius 1 is 0.977 bits per heavy atom. The number of likely N-dealkylation sites (tertiary alicyclic amines) is 2. The number of nitrogens with zero attached hydrogens (tertiary/aromatic N) is 2. The number of aromatic nitrogens is 1. The molecular formula is C34H42ClN3O5. The predicted octanol–water partition coefficient (Wildman–Crippen LogP) is 7.26. The van der Waals surface area contributed by atoms with Crippen LogP contribution in [-0.2, 0) is 4.74 Å². The van der Waals surface area contributed by atoms with Gasteiger partial charge in [0.2, 0.25) is 0 Å². The van der Waals surface area contributed by atoms with E-state index in [1.54, 1.807) is 12.1 Å².